The van der Waals surface area contributed by atoms with Crippen LogP contribution in [0.4, 0.5) is 5.82 Å². The summed E-state index contributed by atoms with van der Waals surface area (Å²) in [4.78, 5) is 16.9. The highest BCUT2D eigenvalue weighted by Crippen LogP contribution is 2.22. The third kappa shape index (κ3) is 4.57. The van der Waals surface area contributed by atoms with E-state index in [1.54, 1.807) is 18.3 Å². The molecule has 0 aliphatic carbocycles. The average molecular weight is 248 g/mol. The Morgan fingerprint density at radius 1 is 1.50 bits per heavy atom. The van der Waals surface area contributed by atoms with Gasteiger partial charge in [0.25, 0.3) is 0 Å². The van der Waals surface area contributed by atoms with Gasteiger partial charge in [0.15, 0.2) is 0 Å². The lowest BCUT2D eigenvalue weighted by molar-refractivity contribution is -0.131. The van der Waals surface area contributed by atoms with Gasteiger partial charge in [-0.1, -0.05) is 20.8 Å². The molecule has 1 aromatic rings. The van der Waals surface area contributed by atoms with E-state index in [0.29, 0.717) is 0 Å². The number of pyridine rings is 1. The molecule has 18 heavy (non-hydrogen) atoms. The quantitative estimate of drug-likeness (QED) is 0.832. The minimum absolute atomic E-state index is 0.153. The Kier molecular flexibility index (Phi) is 4.48. The second kappa shape index (κ2) is 5.67. The number of carboxylic acids is 1. The van der Waals surface area contributed by atoms with Crippen LogP contribution in [0.25, 0.3) is 6.08 Å². The Bertz CT molecular complexity index is 447. The number of aromatic nitrogens is 1. The number of nitrogens with zero attached hydrogens (tertiary/aromatic N) is 2. The number of rotatable bonds is 4. The molecule has 0 amide bonds. The van der Waals surface area contributed by atoms with Gasteiger partial charge in [0.05, 0.1) is 0 Å². The molecule has 0 saturated heterocycles. The molecule has 0 spiro atoms. The van der Waals surface area contributed by atoms with E-state index in [-0.39, 0.29) is 5.41 Å². The zero-order valence-electron chi connectivity index (χ0n) is 11.3. The lowest BCUT2D eigenvalue weighted by Crippen LogP contribution is -2.30. The van der Waals surface area contributed by atoms with Gasteiger partial charge >= 0.3 is 5.97 Å². The van der Waals surface area contributed by atoms with Crippen LogP contribution in [0, 0.1) is 5.41 Å². The molecule has 0 radical (unpaired) electrons. The minimum atomic E-state index is -0.955. The van der Waals surface area contributed by atoms with E-state index in [1.807, 2.05) is 18.0 Å². The van der Waals surface area contributed by atoms with Gasteiger partial charge in [0.1, 0.15) is 5.82 Å². The molecule has 1 N–H and O–H groups in total. The van der Waals surface area contributed by atoms with Crippen LogP contribution in [0.15, 0.2) is 24.4 Å². The van der Waals surface area contributed by atoms with Crippen LogP contribution in [0.5, 0.6) is 0 Å². The molecule has 0 aromatic carbocycles. The van der Waals surface area contributed by atoms with Gasteiger partial charge in [-0.2, -0.15) is 0 Å². The van der Waals surface area contributed by atoms with Crippen molar-refractivity contribution in [3.8, 4) is 0 Å². The van der Waals surface area contributed by atoms with Gasteiger partial charge in [-0.3, -0.25) is 0 Å². The highest BCUT2D eigenvalue weighted by molar-refractivity contribution is 5.86. The molecule has 1 aromatic heterocycles. The summed E-state index contributed by atoms with van der Waals surface area (Å²) in [6.45, 7) is 7.30. The van der Waals surface area contributed by atoms with Crippen molar-refractivity contribution in [2.24, 2.45) is 5.41 Å². The van der Waals surface area contributed by atoms with Crippen molar-refractivity contribution in [2.45, 2.75) is 20.8 Å². The first kappa shape index (κ1) is 14.2. The van der Waals surface area contributed by atoms with E-state index >= 15 is 0 Å². The van der Waals surface area contributed by atoms with Crippen LogP contribution >= 0.6 is 0 Å². The van der Waals surface area contributed by atoms with Crippen LogP contribution in [-0.4, -0.2) is 29.7 Å². The third-order valence-corrected chi connectivity index (χ3v) is 2.30. The maximum absolute atomic E-state index is 10.6. The topological polar surface area (TPSA) is 53.4 Å². The van der Waals surface area contributed by atoms with Crippen molar-refractivity contribution in [3.05, 3.63) is 30.0 Å². The van der Waals surface area contributed by atoms with Crippen molar-refractivity contribution in [1.82, 2.24) is 4.98 Å². The molecular weight excluding hydrogens is 228 g/mol. The fourth-order valence-electron chi connectivity index (χ4n) is 1.81. The van der Waals surface area contributed by atoms with Gasteiger partial charge in [-0.25, -0.2) is 9.78 Å². The highest BCUT2D eigenvalue weighted by atomic mass is 16.4. The summed E-state index contributed by atoms with van der Waals surface area (Å²) >= 11 is 0. The molecule has 0 aliphatic rings. The highest BCUT2D eigenvalue weighted by Gasteiger charge is 2.16. The number of carbonyl (C=O) groups is 1. The maximum Gasteiger partial charge on any atom is 0.328 e. The summed E-state index contributed by atoms with van der Waals surface area (Å²) in [7, 11) is 1.96. The molecule has 0 fully saturated rings. The van der Waals surface area contributed by atoms with E-state index in [4.69, 9.17) is 5.11 Å². The number of aliphatic carboxylic acids is 1. The third-order valence-electron chi connectivity index (χ3n) is 2.30. The summed E-state index contributed by atoms with van der Waals surface area (Å²) in [5, 5.41) is 8.67. The smallest absolute Gasteiger partial charge is 0.328 e. The van der Waals surface area contributed by atoms with Gasteiger partial charge in [-0.05, 0) is 23.6 Å². The predicted octanol–water partition coefficient (Wildman–Crippen LogP) is 2.66. The molecule has 4 nitrogen and oxygen atoms in total. The normalized spacial score (nSPS) is 11.8. The molecular formula is C14H20N2O2. The van der Waals surface area contributed by atoms with E-state index in [0.717, 1.165) is 24.0 Å². The Morgan fingerprint density at radius 3 is 2.72 bits per heavy atom. The summed E-state index contributed by atoms with van der Waals surface area (Å²) in [5.41, 5.74) is 0.965. The van der Waals surface area contributed by atoms with Crippen LogP contribution in [0.3, 0.4) is 0 Å². The van der Waals surface area contributed by atoms with Gasteiger partial charge in [0.2, 0.25) is 0 Å². The van der Waals surface area contributed by atoms with E-state index in [2.05, 4.69) is 25.8 Å². The monoisotopic (exact) mass is 248 g/mol. The molecule has 1 rings (SSSR count). The zero-order chi connectivity index (χ0) is 13.8. The number of hydrogen-bond acceptors (Lipinski definition) is 3. The minimum Gasteiger partial charge on any atom is -0.478 e. The Morgan fingerprint density at radius 2 is 2.17 bits per heavy atom. The van der Waals surface area contributed by atoms with Gasteiger partial charge in [-0.15, -0.1) is 0 Å². The summed E-state index contributed by atoms with van der Waals surface area (Å²) < 4.78 is 0. The SMILES string of the molecule is CN(CC(C)(C)C)c1ncccc1/C=C/C(=O)O. The summed E-state index contributed by atoms with van der Waals surface area (Å²) in [5.74, 6) is -0.159. The van der Waals surface area contributed by atoms with Crippen LogP contribution in [-0.2, 0) is 4.79 Å². The second-order valence-electron chi connectivity index (χ2n) is 5.50. The predicted molar refractivity (Wildman–Crippen MR) is 73.6 cm³/mol. The Balaban J connectivity index is 2.98. The largest absolute Gasteiger partial charge is 0.478 e. The zero-order valence-corrected chi connectivity index (χ0v) is 11.3. The molecule has 0 aliphatic heterocycles. The van der Waals surface area contributed by atoms with E-state index < -0.39 is 5.97 Å². The molecule has 98 valence electrons. The number of hydrogen-bond donors (Lipinski definition) is 1. The standard InChI is InChI=1S/C14H20N2O2/c1-14(2,3)10-16(4)13-11(6-5-9-15-13)7-8-12(17)18/h5-9H,10H2,1-4H3,(H,17,18)/b8-7+. The lowest BCUT2D eigenvalue weighted by Gasteiger charge is -2.28. The first-order chi connectivity index (χ1) is 8.29. The average Bonchev–Trinajstić information content (AvgIpc) is 2.24. The summed E-state index contributed by atoms with van der Waals surface area (Å²) in [6.07, 6.45) is 4.42. The van der Waals surface area contributed by atoms with Crippen molar-refractivity contribution in [3.63, 3.8) is 0 Å². The second-order valence-corrected chi connectivity index (χ2v) is 5.50. The first-order valence-electron chi connectivity index (χ1n) is 5.87. The molecule has 0 atom stereocenters. The van der Waals surface area contributed by atoms with Crippen LogP contribution < -0.4 is 4.90 Å². The van der Waals surface area contributed by atoms with Crippen molar-refractivity contribution in [1.29, 1.82) is 0 Å². The van der Waals surface area contributed by atoms with Crippen LogP contribution in [0.2, 0.25) is 0 Å². The fourth-order valence-corrected chi connectivity index (χ4v) is 1.81. The molecule has 0 unspecified atom stereocenters. The fraction of sp³-hybridized carbons (Fsp3) is 0.429. The number of anilines is 1. The molecule has 4 heteroatoms. The number of carboxylic acid groups (broad SMARTS) is 1. The first-order valence-corrected chi connectivity index (χ1v) is 5.87. The molecule has 0 saturated carbocycles. The Hall–Kier alpha value is -1.84. The van der Waals surface area contributed by atoms with Crippen molar-refractivity contribution >= 4 is 17.9 Å². The maximum atomic E-state index is 10.6. The summed E-state index contributed by atoms with van der Waals surface area (Å²) in [6, 6.07) is 3.66. The lowest BCUT2D eigenvalue weighted by atomic mass is 9.96. The van der Waals surface area contributed by atoms with Crippen molar-refractivity contribution < 1.29 is 9.90 Å². The Labute approximate surface area is 108 Å². The van der Waals surface area contributed by atoms with Crippen molar-refractivity contribution in [2.75, 3.05) is 18.5 Å². The van der Waals surface area contributed by atoms with Gasteiger partial charge in [0, 0.05) is 31.4 Å². The van der Waals surface area contributed by atoms with E-state index in [9.17, 15) is 4.79 Å². The van der Waals surface area contributed by atoms with E-state index in [1.165, 1.54) is 0 Å². The van der Waals surface area contributed by atoms with Gasteiger partial charge < -0.3 is 10.0 Å². The molecule has 1 heterocycles. The van der Waals surface area contributed by atoms with Crippen LogP contribution in [0.1, 0.15) is 26.3 Å². The molecule has 0 bridgehead atoms.